The first-order valence-electron chi connectivity index (χ1n) is 7.44. The Morgan fingerprint density at radius 2 is 1.52 bits per heavy atom. The number of methoxy groups -OCH3 is 3. The zero-order valence-electron chi connectivity index (χ0n) is 14.5. The van der Waals surface area contributed by atoms with Crippen molar-refractivity contribution in [2.75, 3.05) is 21.3 Å². The topological polar surface area (TPSA) is 89.4 Å². The normalized spacial score (nSPS) is 11.0. The molecule has 7 nitrogen and oxygen atoms in total. The average Bonchev–Trinajstić information content (AvgIpc) is 2.64. The number of carbonyl (C=O) groups excluding carboxylic acids is 1. The quantitative estimate of drug-likeness (QED) is 0.621. The lowest BCUT2D eigenvalue weighted by atomic mass is 10.1. The average molecular weight is 344 g/mol. The summed E-state index contributed by atoms with van der Waals surface area (Å²) in [7, 11) is 4.45. The van der Waals surface area contributed by atoms with Crippen LogP contribution in [0.2, 0.25) is 0 Å². The number of hydrazone groups is 1. The summed E-state index contributed by atoms with van der Waals surface area (Å²) in [5, 5.41) is 13.4. The Morgan fingerprint density at radius 1 is 0.960 bits per heavy atom. The molecule has 0 saturated carbocycles. The van der Waals surface area contributed by atoms with Gasteiger partial charge in [0.2, 0.25) is 5.75 Å². The number of phenolic OH excluding ortho intramolecular Hbond substituents is 1. The molecule has 0 atom stereocenters. The molecule has 0 aromatic heterocycles. The highest BCUT2D eigenvalue weighted by Gasteiger charge is 2.16. The fraction of sp³-hybridized carbons (Fsp3) is 0.222. The molecule has 132 valence electrons. The highest BCUT2D eigenvalue weighted by atomic mass is 16.5. The Hall–Kier alpha value is -3.22. The van der Waals surface area contributed by atoms with Gasteiger partial charge in [-0.15, -0.1) is 0 Å². The van der Waals surface area contributed by atoms with E-state index >= 15 is 0 Å². The van der Waals surface area contributed by atoms with E-state index < -0.39 is 5.91 Å². The molecule has 7 heteroatoms. The van der Waals surface area contributed by atoms with Crippen molar-refractivity contribution in [1.29, 1.82) is 0 Å². The minimum absolute atomic E-state index is 0.165. The highest BCUT2D eigenvalue weighted by molar-refractivity contribution is 6.01. The van der Waals surface area contributed by atoms with Crippen LogP contribution in [0.15, 0.2) is 41.5 Å². The van der Waals surface area contributed by atoms with Gasteiger partial charge < -0.3 is 19.3 Å². The van der Waals surface area contributed by atoms with Gasteiger partial charge in [-0.1, -0.05) is 0 Å². The second-order valence-electron chi connectivity index (χ2n) is 5.10. The molecule has 2 N–H and O–H groups in total. The minimum Gasteiger partial charge on any atom is -0.508 e. The molecular formula is C18H20N2O5. The molecule has 0 bridgehead atoms. The molecule has 0 aliphatic carbocycles. The fourth-order valence-electron chi connectivity index (χ4n) is 2.18. The summed E-state index contributed by atoms with van der Waals surface area (Å²) in [5.74, 6) is 0.915. The van der Waals surface area contributed by atoms with Crippen molar-refractivity contribution in [3.63, 3.8) is 0 Å². The maximum atomic E-state index is 12.4. The van der Waals surface area contributed by atoms with E-state index in [9.17, 15) is 9.90 Å². The van der Waals surface area contributed by atoms with Gasteiger partial charge in [-0.3, -0.25) is 4.79 Å². The smallest absolute Gasteiger partial charge is 0.271 e. The molecule has 0 spiro atoms. The molecule has 0 unspecified atom stereocenters. The number of nitrogens with one attached hydrogen (secondary N) is 1. The maximum absolute atomic E-state index is 12.4. The number of aromatic hydroxyl groups is 1. The molecule has 25 heavy (non-hydrogen) atoms. The number of carbonyl (C=O) groups is 1. The number of nitrogens with zero attached hydrogens (tertiary/aromatic N) is 1. The largest absolute Gasteiger partial charge is 0.508 e. The summed E-state index contributed by atoms with van der Waals surface area (Å²) in [6.45, 7) is 1.75. The molecule has 0 radical (unpaired) electrons. The van der Waals surface area contributed by atoms with E-state index in [1.54, 1.807) is 43.3 Å². The third kappa shape index (κ3) is 4.20. The Kier molecular flexibility index (Phi) is 5.84. The summed E-state index contributed by atoms with van der Waals surface area (Å²) in [4.78, 5) is 12.4. The number of hydrogen-bond donors (Lipinski definition) is 2. The number of rotatable bonds is 6. The summed E-state index contributed by atoms with van der Waals surface area (Å²) in [6.07, 6.45) is 0. The summed E-state index contributed by atoms with van der Waals surface area (Å²) in [5.41, 5.74) is 4.18. The van der Waals surface area contributed by atoms with Gasteiger partial charge in [0.25, 0.3) is 5.91 Å². The van der Waals surface area contributed by atoms with Crippen LogP contribution in [0.1, 0.15) is 22.8 Å². The highest BCUT2D eigenvalue weighted by Crippen LogP contribution is 2.38. The molecule has 2 aromatic carbocycles. The number of amides is 1. The summed E-state index contributed by atoms with van der Waals surface area (Å²) < 4.78 is 15.7. The van der Waals surface area contributed by atoms with E-state index in [-0.39, 0.29) is 5.75 Å². The molecule has 0 aliphatic rings. The van der Waals surface area contributed by atoms with Gasteiger partial charge in [0.1, 0.15) is 5.75 Å². The Bertz CT molecular complexity index is 760. The van der Waals surface area contributed by atoms with E-state index in [0.717, 1.165) is 5.56 Å². The van der Waals surface area contributed by atoms with Gasteiger partial charge in [0.15, 0.2) is 11.5 Å². The van der Waals surface area contributed by atoms with Crippen LogP contribution in [0, 0.1) is 0 Å². The first-order chi connectivity index (χ1) is 12.0. The van der Waals surface area contributed by atoms with E-state index in [2.05, 4.69) is 10.5 Å². The first-order valence-corrected chi connectivity index (χ1v) is 7.44. The summed E-state index contributed by atoms with van der Waals surface area (Å²) >= 11 is 0. The van der Waals surface area contributed by atoms with Gasteiger partial charge >= 0.3 is 0 Å². The number of ether oxygens (including phenoxy) is 3. The van der Waals surface area contributed by atoms with Gasteiger partial charge in [0.05, 0.1) is 27.0 Å². The van der Waals surface area contributed by atoms with Crippen molar-refractivity contribution in [2.45, 2.75) is 6.92 Å². The van der Waals surface area contributed by atoms with Crippen LogP contribution >= 0.6 is 0 Å². The second-order valence-corrected chi connectivity index (χ2v) is 5.10. The predicted molar refractivity (Wildman–Crippen MR) is 93.9 cm³/mol. The fourth-order valence-corrected chi connectivity index (χ4v) is 2.18. The maximum Gasteiger partial charge on any atom is 0.271 e. The molecule has 0 saturated heterocycles. The number of benzene rings is 2. The van der Waals surface area contributed by atoms with Crippen LogP contribution in [-0.2, 0) is 0 Å². The molecular weight excluding hydrogens is 324 g/mol. The second kappa shape index (κ2) is 8.05. The van der Waals surface area contributed by atoms with Crippen molar-refractivity contribution in [3.8, 4) is 23.0 Å². The SMILES string of the molecule is COc1cc(C(=O)N/N=C(\C)c2ccc(O)cc2)cc(OC)c1OC. The number of phenols is 1. The first kappa shape index (κ1) is 18.1. The Morgan fingerprint density at radius 3 is 2.00 bits per heavy atom. The lowest BCUT2D eigenvalue weighted by Gasteiger charge is -2.13. The third-order valence-corrected chi connectivity index (χ3v) is 3.54. The predicted octanol–water partition coefficient (Wildman–Crippen LogP) is 2.57. The van der Waals surface area contributed by atoms with Gasteiger partial charge in [-0.25, -0.2) is 5.43 Å². The molecule has 0 heterocycles. The molecule has 0 aliphatic heterocycles. The zero-order chi connectivity index (χ0) is 18.4. The Labute approximate surface area is 145 Å². The van der Waals surface area contributed by atoms with Crippen molar-refractivity contribution < 1.29 is 24.1 Å². The zero-order valence-corrected chi connectivity index (χ0v) is 14.5. The summed E-state index contributed by atoms with van der Waals surface area (Å²) in [6, 6.07) is 9.61. The van der Waals surface area contributed by atoms with Crippen LogP contribution < -0.4 is 19.6 Å². The Balaban J connectivity index is 2.23. The van der Waals surface area contributed by atoms with Crippen LogP contribution in [0.3, 0.4) is 0 Å². The van der Waals surface area contributed by atoms with Gasteiger partial charge in [-0.2, -0.15) is 5.10 Å². The van der Waals surface area contributed by atoms with Gasteiger partial charge in [-0.05, 0) is 48.9 Å². The van der Waals surface area contributed by atoms with Gasteiger partial charge in [0, 0.05) is 5.56 Å². The van der Waals surface area contributed by atoms with Crippen LogP contribution in [0.4, 0.5) is 0 Å². The van der Waals surface area contributed by atoms with E-state index in [1.165, 1.54) is 21.3 Å². The number of hydrogen-bond acceptors (Lipinski definition) is 6. The lowest BCUT2D eigenvalue weighted by Crippen LogP contribution is -2.19. The van der Waals surface area contributed by atoms with Crippen molar-refractivity contribution in [3.05, 3.63) is 47.5 Å². The standard InChI is InChI=1S/C18H20N2O5/c1-11(12-5-7-14(21)8-6-12)19-20-18(22)13-9-15(23-2)17(25-4)16(10-13)24-3/h5-10,21H,1-4H3,(H,20,22)/b19-11+. The molecule has 0 fully saturated rings. The van der Waals surface area contributed by atoms with Crippen molar-refractivity contribution in [1.82, 2.24) is 5.43 Å². The third-order valence-electron chi connectivity index (χ3n) is 3.54. The van der Waals surface area contributed by atoms with E-state index in [0.29, 0.717) is 28.5 Å². The van der Waals surface area contributed by atoms with Crippen LogP contribution in [0.25, 0.3) is 0 Å². The van der Waals surface area contributed by atoms with Crippen molar-refractivity contribution >= 4 is 11.6 Å². The van der Waals surface area contributed by atoms with Crippen LogP contribution in [0.5, 0.6) is 23.0 Å². The minimum atomic E-state index is -0.419. The van der Waals surface area contributed by atoms with E-state index in [4.69, 9.17) is 14.2 Å². The van der Waals surface area contributed by atoms with Crippen molar-refractivity contribution in [2.24, 2.45) is 5.10 Å². The monoisotopic (exact) mass is 344 g/mol. The molecule has 2 aromatic rings. The lowest BCUT2D eigenvalue weighted by molar-refractivity contribution is 0.0954. The van der Waals surface area contributed by atoms with Crippen LogP contribution in [-0.4, -0.2) is 38.1 Å². The van der Waals surface area contributed by atoms with E-state index in [1.807, 2.05) is 0 Å². The molecule has 2 rings (SSSR count). The molecule has 1 amide bonds.